The van der Waals surface area contributed by atoms with Crippen LogP contribution in [0.4, 0.5) is 13.2 Å². The summed E-state index contributed by atoms with van der Waals surface area (Å²) in [5.74, 6) is -0.440. The zero-order valence-corrected chi connectivity index (χ0v) is 12.3. The van der Waals surface area contributed by atoms with E-state index in [2.05, 4.69) is 15.4 Å². The molecule has 0 atom stereocenters. The van der Waals surface area contributed by atoms with Crippen molar-refractivity contribution in [2.75, 3.05) is 7.05 Å². The molecule has 1 amide bonds. The number of hydrogen-bond donors (Lipinski definition) is 2. The molecule has 0 aliphatic rings. The van der Waals surface area contributed by atoms with Crippen LogP contribution in [0.15, 0.2) is 41.3 Å². The third-order valence-electron chi connectivity index (χ3n) is 3.48. The lowest BCUT2D eigenvalue weighted by Crippen LogP contribution is -2.19. The number of nitrogens with zero attached hydrogens (tertiary/aromatic N) is 2. The molecular formula is C15H11F3N4O2. The van der Waals surface area contributed by atoms with Crippen molar-refractivity contribution in [2.45, 2.75) is 6.18 Å². The first-order chi connectivity index (χ1) is 11.3. The third-order valence-corrected chi connectivity index (χ3v) is 3.48. The van der Waals surface area contributed by atoms with Crippen molar-refractivity contribution in [3.05, 3.63) is 58.0 Å². The van der Waals surface area contributed by atoms with Gasteiger partial charge in [0, 0.05) is 24.9 Å². The van der Waals surface area contributed by atoms with E-state index in [1.165, 1.54) is 31.4 Å². The lowest BCUT2D eigenvalue weighted by Gasteiger charge is -2.07. The van der Waals surface area contributed by atoms with E-state index in [1.807, 2.05) is 0 Å². The fourth-order valence-corrected chi connectivity index (χ4v) is 2.26. The number of halogens is 3. The molecular weight excluding hydrogens is 325 g/mol. The van der Waals surface area contributed by atoms with Crippen LogP contribution in [0.2, 0.25) is 0 Å². The quantitative estimate of drug-likeness (QED) is 0.752. The molecule has 3 aromatic rings. The summed E-state index contributed by atoms with van der Waals surface area (Å²) in [5.41, 5.74) is -0.507. The molecule has 2 aromatic heterocycles. The molecule has 0 aliphatic heterocycles. The molecule has 9 heteroatoms. The van der Waals surface area contributed by atoms with Crippen molar-refractivity contribution in [3.63, 3.8) is 0 Å². The van der Waals surface area contributed by atoms with Gasteiger partial charge in [0.15, 0.2) is 5.65 Å². The molecule has 2 heterocycles. The number of alkyl halides is 3. The van der Waals surface area contributed by atoms with E-state index < -0.39 is 23.2 Å². The van der Waals surface area contributed by atoms with Crippen molar-refractivity contribution in [1.29, 1.82) is 0 Å². The Bertz CT molecular complexity index is 971. The molecule has 24 heavy (non-hydrogen) atoms. The van der Waals surface area contributed by atoms with E-state index in [-0.39, 0.29) is 16.9 Å². The predicted octanol–water partition coefficient (Wildman–Crippen LogP) is 2.07. The predicted molar refractivity (Wildman–Crippen MR) is 79.6 cm³/mol. The van der Waals surface area contributed by atoms with Crippen molar-refractivity contribution in [3.8, 4) is 11.3 Å². The van der Waals surface area contributed by atoms with E-state index in [4.69, 9.17) is 0 Å². The zero-order valence-electron chi connectivity index (χ0n) is 12.3. The highest BCUT2D eigenvalue weighted by Gasteiger charge is 2.30. The summed E-state index contributed by atoms with van der Waals surface area (Å²) < 4.78 is 38.9. The molecule has 0 unspecified atom stereocenters. The number of carbonyl (C=O) groups is 1. The first kappa shape index (κ1) is 15.8. The van der Waals surface area contributed by atoms with E-state index in [9.17, 15) is 22.8 Å². The monoisotopic (exact) mass is 336 g/mol. The number of aromatic amines is 1. The fourth-order valence-electron chi connectivity index (χ4n) is 2.26. The highest BCUT2D eigenvalue weighted by atomic mass is 19.4. The SMILES string of the molecule is CNC(=O)c1c[nH]n2c(=O)cc(-c3ccc(C(F)(F)F)cc3)nc12. The van der Waals surface area contributed by atoms with Crippen LogP contribution < -0.4 is 10.9 Å². The van der Waals surface area contributed by atoms with Gasteiger partial charge in [-0.15, -0.1) is 0 Å². The Labute approximate surface area is 132 Å². The number of rotatable bonds is 2. The van der Waals surface area contributed by atoms with Crippen LogP contribution in [-0.4, -0.2) is 27.6 Å². The van der Waals surface area contributed by atoms with Crippen LogP contribution in [0.1, 0.15) is 15.9 Å². The average molecular weight is 336 g/mol. The molecule has 0 spiro atoms. The smallest absolute Gasteiger partial charge is 0.355 e. The molecule has 0 bridgehead atoms. The van der Waals surface area contributed by atoms with E-state index in [0.717, 1.165) is 16.6 Å². The van der Waals surface area contributed by atoms with Gasteiger partial charge < -0.3 is 5.32 Å². The van der Waals surface area contributed by atoms with Gasteiger partial charge in [-0.25, -0.2) is 9.50 Å². The summed E-state index contributed by atoms with van der Waals surface area (Å²) in [7, 11) is 1.43. The van der Waals surface area contributed by atoms with Gasteiger partial charge in [0.1, 0.15) is 5.56 Å². The van der Waals surface area contributed by atoms with Gasteiger partial charge in [-0.05, 0) is 12.1 Å². The van der Waals surface area contributed by atoms with Crippen LogP contribution in [0.5, 0.6) is 0 Å². The lowest BCUT2D eigenvalue weighted by molar-refractivity contribution is -0.137. The number of carbonyl (C=O) groups excluding carboxylic acids is 1. The Hall–Kier alpha value is -3.10. The number of nitrogens with one attached hydrogen (secondary N) is 2. The molecule has 6 nitrogen and oxygen atoms in total. The van der Waals surface area contributed by atoms with E-state index in [1.54, 1.807) is 0 Å². The number of amides is 1. The second kappa shape index (κ2) is 5.52. The van der Waals surface area contributed by atoms with Gasteiger partial charge in [0.25, 0.3) is 11.5 Å². The van der Waals surface area contributed by atoms with Crippen molar-refractivity contribution in [1.82, 2.24) is 19.9 Å². The van der Waals surface area contributed by atoms with Crippen LogP contribution in [0.25, 0.3) is 16.9 Å². The Morgan fingerprint density at radius 3 is 2.50 bits per heavy atom. The fraction of sp³-hybridized carbons (Fsp3) is 0.133. The van der Waals surface area contributed by atoms with Crippen molar-refractivity contribution >= 4 is 11.6 Å². The minimum Gasteiger partial charge on any atom is -0.355 e. The Balaban J connectivity index is 2.13. The van der Waals surface area contributed by atoms with Gasteiger partial charge in [0.05, 0.1) is 11.3 Å². The number of aromatic nitrogens is 3. The molecule has 0 radical (unpaired) electrons. The molecule has 0 saturated carbocycles. The maximum atomic E-state index is 12.6. The Kier molecular flexibility index (Phi) is 3.63. The van der Waals surface area contributed by atoms with Crippen molar-refractivity contribution in [2.24, 2.45) is 0 Å². The average Bonchev–Trinajstić information content (AvgIpc) is 2.98. The first-order valence-electron chi connectivity index (χ1n) is 6.82. The van der Waals surface area contributed by atoms with Gasteiger partial charge in [-0.3, -0.25) is 14.7 Å². The standard InChI is InChI=1S/C15H11F3N4O2/c1-19-14(24)10-7-20-22-12(23)6-11(21-13(10)22)8-2-4-9(5-3-8)15(16,17)18/h2-7,20H,1H3,(H,19,24). The van der Waals surface area contributed by atoms with Gasteiger partial charge in [-0.1, -0.05) is 12.1 Å². The van der Waals surface area contributed by atoms with Crippen LogP contribution in [0, 0.1) is 0 Å². The number of H-pyrrole nitrogens is 1. The number of benzene rings is 1. The zero-order chi connectivity index (χ0) is 17.5. The largest absolute Gasteiger partial charge is 0.416 e. The van der Waals surface area contributed by atoms with Crippen LogP contribution in [-0.2, 0) is 6.18 Å². The summed E-state index contributed by atoms with van der Waals surface area (Å²) >= 11 is 0. The van der Waals surface area contributed by atoms with Crippen LogP contribution in [0.3, 0.4) is 0 Å². The van der Waals surface area contributed by atoms with Gasteiger partial charge in [-0.2, -0.15) is 13.2 Å². The highest BCUT2D eigenvalue weighted by molar-refractivity contribution is 5.99. The minimum atomic E-state index is -4.44. The third kappa shape index (κ3) is 2.64. The normalized spacial score (nSPS) is 11.7. The van der Waals surface area contributed by atoms with E-state index >= 15 is 0 Å². The summed E-state index contributed by atoms with van der Waals surface area (Å²) in [5, 5.41) is 5.03. The van der Waals surface area contributed by atoms with E-state index in [0.29, 0.717) is 5.56 Å². The summed E-state index contributed by atoms with van der Waals surface area (Å²) in [6, 6.07) is 5.46. The van der Waals surface area contributed by atoms with Crippen LogP contribution >= 0.6 is 0 Å². The number of fused-ring (bicyclic) bond motifs is 1. The molecule has 2 N–H and O–H groups in total. The Morgan fingerprint density at radius 1 is 1.25 bits per heavy atom. The summed E-state index contributed by atoms with van der Waals surface area (Å²) in [6.45, 7) is 0. The molecule has 124 valence electrons. The molecule has 1 aromatic carbocycles. The van der Waals surface area contributed by atoms with Gasteiger partial charge >= 0.3 is 6.18 Å². The second-order valence-corrected chi connectivity index (χ2v) is 4.98. The van der Waals surface area contributed by atoms with Crippen molar-refractivity contribution < 1.29 is 18.0 Å². The maximum Gasteiger partial charge on any atom is 0.416 e. The summed E-state index contributed by atoms with van der Waals surface area (Å²) in [6.07, 6.45) is -3.11. The molecule has 0 fully saturated rings. The highest BCUT2D eigenvalue weighted by Crippen LogP contribution is 2.30. The molecule has 0 aliphatic carbocycles. The maximum absolute atomic E-state index is 12.6. The second-order valence-electron chi connectivity index (χ2n) is 4.98. The summed E-state index contributed by atoms with van der Waals surface area (Å²) in [4.78, 5) is 28.1. The molecule has 3 rings (SSSR count). The topological polar surface area (TPSA) is 79.3 Å². The number of hydrogen-bond acceptors (Lipinski definition) is 3. The minimum absolute atomic E-state index is 0.0942. The van der Waals surface area contributed by atoms with Gasteiger partial charge in [0.2, 0.25) is 0 Å². The first-order valence-corrected chi connectivity index (χ1v) is 6.82. The molecule has 0 saturated heterocycles. The lowest BCUT2D eigenvalue weighted by atomic mass is 10.1. The Morgan fingerprint density at radius 2 is 1.92 bits per heavy atom.